The van der Waals surface area contributed by atoms with Gasteiger partial charge >= 0.3 is 6.03 Å². The van der Waals surface area contributed by atoms with Gasteiger partial charge in [-0.3, -0.25) is 14.6 Å². The molecule has 1 aromatic carbocycles. The lowest BCUT2D eigenvalue weighted by molar-refractivity contribution is -0.188. The number of aliphatic hydroxyl groups is 1. The van der Waals surface area contributed by atoms with Gasteiger partial charge in [-0.1, -0.05) is 6.07 Å². The predicted octanol–water partition coefficient (Wildman–Crippen LogP) is 2.17. The zero-order valence-electron chi connectivity index (χ0n) is 21.6. The monoisotopic (exact) mass is 484 g/mol. The van der Waals surface area contributed by atoms with E-state index >= 15 is 0 Å². The summed E-state index contributed by atoms with van der Waals surface area (Å²) in [6.07, 6.45) is 3.80. The molecule has 2 saturated heterocycles. The van der Waals surface area contributed by atoms with E-state index in [9.17, 15) is 19.8 Å². The van der Waals surface area contributed by atoms with Crippen molar-refractivity contribution in [1.82, 2.24) is 19.6 Å². The molecule has 0 aromatic heterocycles. The number of aromatic hydroxyl groups is 1. The highest BCUT2D eigenvalue weighted by Crippen LogP contribution is 2.62. The van der Waals surface area contributed by atoms with Crippen molar-refractivity contribution in [3.05, 3.63) is 29.3 Å². The Hall–Kier alpha value is -2.16. The van der Waals surface area contributed by atoms with Gasteiger partial charge in [0, 0.05) is 24.5 Å². The normalized spacial score (nSPS) is 34.6. The van der Waals surface area contributed by atoms with Crippen molar-refractivity contribution in [1.29, 1.82) is 0 Å². The number of benzene rings is 1. The van der Waals surface area contributed by atoms with Crippen molar-refractivity contribution in [2.75, 3.05) is 46.8 Å². The van der Waals surface area contributed by atoms with E-state index in [1.165, 1.54) is 4.90 Å². The molecule has 2 aliphatic carbocycles. The maximum Gasteiger partial charge on any atom is 0.327 e. The summed E-state index contributed by atoms with van der Waals surface area (Å²) >= 11 is 0. The number of hydrogen-bond acceptors (Lipinski definition) is 6. The number of fused-ring (bicyclic) bond motifs is 1. The number of imide groups is 1. The van der Waals surface area contributed by atoms with Crippen LogP contribution in [-0.4, -0.2) is 106 Å². The predicted molar refractivity (Wildman–Crippen MR) is 133 cm³/mol. The van der Waals surface area contributed by atoms with E-state index in [-0.39, 0.29) is 23.7 Å². The second kappa shape index (κ2) is 8.46. The highest BCUT2D eigenvalue weighted by Gasteiger charge is 2.71. The molecule has 1 saturated carbocycles. The highest BCUT2D eigenvalue weighted by atomic mass is 16.3. The first kappa shape index (κ1) is 24.5. The molecule has 2 bridgehead atoms. The summed E-state index contributed by atoms with van der Waals surface area (Å²) in [5.41, 5.74) is -0.537. The Bertz CT molecular complexity index is 1030. The van der Waals surface area contributed by atoms with Gasteiger partial charge in [0.15, 0.2) is 0 Å². The Morgan fingerprint density at radius 1 is 1.11 bits per heavy atom. The van der Waals surface area contributed by atoms with Gasteiger partial charge in [-0.15, -0.1) is 0 Å². The molecule has 0 radical (unpaired) electrons. The second-order valence-electron chi connectivity index (χ2n) is 11.3. The molecule has 8 heteroatoms. The molecule has 1 aromatic rings. The number of phenols is 1. The Balaban J connectivity index is 1.60. The molecule has 3 fully saturated rings. The van der Waals surface area contributed by atoms with E-state index in [1.807, 2.05) is 26.0 Å². The van der Waals surface area contributed by atoms with Gasteiger partial charge in [0.05, 0.1) is 5.60 Å². The van der Waals surface area contributed by atoms with Crippen molar-refractivity contribution < 1.29 is 19.8 Å². The van der Waals surface area contributed by atoms with Crippen LogP contribution >= 0.6 is 0 Å². The lowest BCUT2D eigenvalue weighted by Crippen LogP contribution is -2.76. The van der Waals surface area contributed by atoms with Gasteiger partial charge < -0.3 is 20.0 Å². The Labute approximate surface area is 208 Å². The van der Waals surface area contributed by atoms with Crippen LogP contribution in [0.5, 0.6) is 5.75 Å². The fraction of sp³-hybridized carbons (Fsp3) is 0.704. The molecule has 2 aliphatic heterocycles. The second-order valence-corrected chi connectivity index (χ2v) is 11.3. The lowest BCUT2D eigenvalue weighted by atomic mass is 9.46. The van der Waals surface area contributed by atoms with E-state index in [4.69, 9.17) is 0 Å². The van der Waals surface area contributed by atoms with Crippen LogP contribution in [0.25, 0.3) is 0 Å². The molecule has 35 heavy (non-hydrogen) atoms. The molecular formula is C27H40N4O4. The summed E-state index contributed by atoms with van der Waals surface area (Å²) in [4.78, 5) is 34.8. The summed E-state index contributed by atoms with van der Waals surface area (Å²) in [6.45, 7) is 7.33. The zero-order chi connectivity index (χ0) is 25.2. The van der Waals surface area contributed by atoms with Crippen LogP contribution in [-0.2, 0) is 16.6 Å². The summed E-state index contributed by atoms with van der Waals surface area (Å²) in [5, 5.41) is 23.1. The maximum absolute atomic E-state index is 13.8. The van der Waals surface area contributed by atoms with E-state index in [0.29, 0.717) is 38.8 Å². The average Bonchev–Trinajstić information content (AvgIpc) is 3.00. The molecule has 192 valence electrons. The summed E-state index contributed by atoms with van der Waals surface area (Å²) < 4.78 is 0. The van der Waals surface area contributed by atoms with Gasteiger partial charge in [0.25, 0.3) is 5.91 Å². The number of amides is 3. The number of carbonyl (C=O) groups excluding carboxylic acids is 2. The fourth-order valence-corrected chi connectivity index (χ4v) is 7.89. The Morgan fingerprint density at radius 3 is 2.57 bits per heavy atom. The standard InChI is InChI=1S/C27H40N4O4/c1-5-30-23(33)26(31(6-2)24(30)34)10-11-27(35)22-16-19-8-9-20(32)17-21(19)25(27,18-26)12-15-29(22)14-7-13-28(3)4/h8-9,17,22,32,35H,5-7,10-16,18H2,1-4H3. The third-order valence-corrected chi connectivity index (χ3v) is 9.49. The van der Waals surface area contributed by atoms with Crippen molar-refractivity contribution in [2.24, 2.45) is 0 Å². The first-order chi connectivity index (χ1) is 16.6. The average molecular weight is 485 g/mol. The number of likely N-dealkylation sites (tertiary alicyclic amines) is 1. The minimum atomic E-state index is -1.02. The van der Waals surface area contributed by atoms with Crippen molar-refractivity contribution in [2.45, 2.75) is 75.0 Å². The molecular weight excluding hydrogens is 444 g/mol. The summed E-state index contributed by atoms with van der Waals surface area (Å²) in [6, 6.07) is 5.27. The third-order valence-electron chi connectivity index (χ3n) is 9.49. The lowest BCUT2D eigenvalue weighted by Gasteiger charge is -2.66. The Kier molecular flexibility index (Phi) is 5.93. The van der Waals surface area contributed by atoms with Crippen molar-refractivity contribution in [3.63, 3.8) is 0 Å². The van der Waals surface area contributed by atoms with E-state index in [1.54, 1.807) is 11.0 Å². The number of piperidine rings is 1. The minimum Gasteiger partial charge on any atom is -0.508 e. The van der Waals surface area contributed by atoms with Crippen LogP contribution in [0.1, 0.15) is 57.1 Å². The van der Waals surface area contributed by atoms with Crippen molar-refractivity contribution >= 4 is 11.9 Å². The first-order valence-electron chi connectivity index (χ1n) is 13.2. The molecule has 3 amide bonds. The van der Waals surface area contributed by atoms with Crippen LogP contribution in [0.3, 0.4) is 0 Å². The van der Waals surface area contributed by atoms with Crippen LogP contribution in [0.4, 0.5) is 4.79 Å². The summed E-state index contributed by atoms with van der Waals surface area (Å²) in [5.74, 6) is 0.0591. The number of rotatable bonds is 6. The third kappa shape index (κ3) is 3.29. The first-order valence-corrected chi connectivity index (χ1v) is 13.2. The van der Waals surface area contributed by atoms with Gasteiger partial charge in [-0.2, -0.15) is 0 Å². The number of likely N-dealkylation sites (N-methyl/N-ethyl adjacent to an activating group) is 2. The molecule has 1 spiro atoms. The number of phenolic OH excluding ortho intramolecular Hbond substituents is 1. The van der Waals surface area contributed by atoms with Gasteiger partial charge in [0.2, 0.25) is 0 Å². The molecule has 4 atom stereocenters. The highest BCUT2D eigenvalue weighted by molar-refractivity contribution is 6.07. The number of urea groups is 1. The molecule has 2 heterocycles. The molecule has 5 rings (SSSR count). The number of carbonyl (C=O) groups is 2. The topological polar surface area (TPSA) is 87.6 Å². The smallest absolute Gasteiger partial charge is 0.327 e. The summed E-state index contributed by atoms with van der Waals surface area (Å²) in [7, 11) is 4.16. The van der Waals surface area contributed by atoms with Crippen LogP contribution in [0, 0.1) is 0 Å². The van der Waals surface area contributed by atoms with Gasteiger partial charge in [-0.25, -0.2) is 4.79 Å². The molecule has 4 aliphatic rings. The van der Waals surface area contributed by atoms with Crippen LogP contribution in [0.2, 0.25) is 0 Å². The number of nitrogens with zero attached hydrogens (tertiary/aromatic N) is 4. The molecule has 2 N–H and O–H groups in total. The molecule has 4 unspecified atom stereocenters. The SMILES string of the molecule is CCN1C(=O)N(CC)C2(CCC3(O)C4Cc5ccc(O)cc5C3(CCN4CCCN(C)C)C2)C1=O. The fourth-order valence-electron chi connectivity index (χ4n) is 7.89. The Morgan fingerprint density at radius 2 is 1.89 bits per heavy atom. The quantitative estimate of drug-likeness (QED) is 0.602. The van der Waals surface area contributed by atoms with Crippen LogP contribution in [0.15, 0.2) is 18.2 Å². The van der Waals surface area contributed by atoms with Gasteiger partial charge in [-0.05, 0) is 109 Å². The maximum atomic E-state index is 13.8. The van der Waals surface area contributed by atoms with E-state index in [0.717, 1.165) is 43.6 Å². The van der Waals surface area contributed by atoms with Gasteiger partial charge in [0.1, 0.15) is 11.3 Å². The van der Waals surface area contributed by atoms with Crippen molar-refractivity contribution in [3.8, 4) is 5.75 Å². The van der Waals surface area contributed by atoms with E-state index < -0.39 is 16.6 Å². The van der Waals surface area contributed by atoms with E-state index in [2.05, 4.69) is 23.9 Å². The zero-order valence-corrected chi connectivity index (χ0v) is 21.6. The van der Waals surface area contributed by atoms with Crippen LogP contribution < -0.4 is 0 Å². The number of hydrogen-bond donors (Lipinski definition) is 2. The minimum absolute atomic E-state index is 0.0441. The molecule has 8 nitrogen and oxygen atoms in total. The largest absolute Gasteiger partial charge is 0.508 e.